The highest BCUT2D eigenvalue weighted by Crippen LogP contribution is 2.58. The Morgan fingerprint density at radius 2 is 0.435 bits per heavy atom. The molecular formula is C77H62O15. The fourth-order valence-corrected chi connectivity index (χ4v) is 9.99. The second kappa shape index (κ2) is 30.3. The van der Waals surface area contributed by atoms with Gasteiger partial charge < -0.3 is 58.0 Å². The zero-order valence-electron chi connectivity index (χ0n) is 49.7. The molecule has 3 N–H and O–H groups in total. The molecule has 11 aromatic carbocycles. The molecule has 0 bridgehead atoms. The van der Waals surface area contributed by atoms with E-state index in [9.17, 15) is 29.7 Å². The van der Waals surface area contributed by atoms with E-state index in [0.717, 1.165) is 28.3 Å². The van der Waals surface area contributed by atoms with Gasteiger partial charge in [-0.3, -0.25) is 0 Å². The number of ether oxygens (including phenoxy) is 9. The van der Waals surface area contributed by atoms with Crippen molar-refractivity contribution in [2.45, 2.75) is 52.9 Å². The van der Waals surface area contributed by atoms with Crippen LogP contribution in [0, 0.1) is 0 Å². The first-order valence-electron chi connectivity index (χ1n) is 29.5. The van der Waals surface area contributed by atoms with Gasteiger partial charge in [0.25, 0.3) is 0 Å². The molecule has 0 heterocycles. The van der Waals surface area contributed by atoms with Gasteiger partial charge in [0.05, 0.1) is 11.1 Å². The van der Waals surface area contributed by atoms with Crippen LogP contribution in [0.15, 0.2) is 261 Å². The van der Waals surface area contributed by atoms with Gasteiger partial charge in [-0.25, -0.2) is 14.4 Å². The lowest BCUT2D eigenvalue weighted by Crippen LogP contribution is -2.13. The summed E-state index contributed by atoms with van der Waals surface area (Å²) in [5, 5.41) is 35.0. The maximum atomic E-state index is 14.7. The molecule has 0 radical (unpaired) electrons. The van der Waals surface area contributed by atoms with Gasteiger partial charge in [-0.15, -0.1) is 0 Å². The Balaban J connectivity index is 1.20. The molecule has 0 aromatic heterocycles. The summed E-state index contributed by atoms with van der Waals surface area (Å²) in [4.78, 5) is 43.1. The van der Waals surface area contributed by atoms with Gasteiger partial charge in [-0.1, -0.05) is 243 Å². The summed E-state index contributed by atoms with van der Waals surface area (Å²) >= 11 is 0. The first kappa shape index (κ1) is 61.7. The molecule has 460 valence electrons. The molecule has 0 unspecified atom stereocenters. The first-order valence-corrected chi connectivity index (χ1v) is 29.5. The Morgan fingerprint density at radius 1 is 0.228 bits per heavy atom. The highest BCUT2D eigenvalue weighted by molar-refractivity contribution is 6.08. The van der Waals surface area contributed by atoms with Crippen molar-refractivity contribution < 1.29 is 72.3 Å². The molecule has 0 amide bonds. The Kier molecular flexibility index (Phi) is 20.3. The average Bonchev–Trinajstić information content (AvgIpc) is 0.743. The highest BCUT2D eigenvalue weighted by atomic mass is 16.6. The molecule has 0 saturated heterocycles. The van der Waals surface area contributed by atoms with Gasteiger partial charge in [-0.05, 0) is 50.6 Å². The third kappa shape index (κ3) is 15.6. The minimum absolute atomic E-state index is 0.0164. The van der Waals surface area contributed by atoms with Crippen LogP contribution in [-0.4, -0.2) is 33.2 Å². The van der Waals surface area contributed by atoms with Crippen molar-refractivity contribution in [2.75, 3.05) is 0 Å². The van der Waals surface area contributed by atoms with Crippen molar-refractivity contribution in [3.05, 3.63) is 322 Å². The predicted molar refractivity (Wildman–Crippen MR) is 345 cm³/mol. The van der Waals surface area contributed by atoms with E-state index in [-0.39, 0.29) is 110 Å². The highest BCUT2D eigenvalue weighted by Gasteiger charge is 2.37. The number of aromatic carboxylic acids is 3. The number of hydrogen-bond donors (Lipinski definition) is 3. The van der Waals surface area contributed by atoms with Crippen molar-refractivity contribution in [1.82, 2.24) is 0 Å². The average molecular weight is 1230 g/mol. The van der Waals surface area contributed by atoms with Gasteiger partial charge >= 0.3 is 17.9 Å². The lowest BCUT2D eigenvalue weighted by molar-refractivity contribution is 0.0681. The van der Waals surface area contributed by atoms with E-state index in [0.29, 0.717) is 22.3 Å². The van der Waals surface area contributed by atoms with Gasteiger partial charge in [0.1, 0.15) is 58.4 Å². The molecular weight excluding hydrogens is 1160 g/mol. The van der Waals surface area contributed by atoms with E-state index in [1.807, 2.05) is 218 Å². The first-order chi connectivity index (χ1) is 45.1. The molecule has 0 aliphatic carbocycles. The minimum atomic E-state index is -1.60. The van der Waals surface area contributed by atoms with Gasteiger partial charge in [0.2, 0.25) is 23.0 Å². The van der Waals surface area contributed by atoms with Crippen LogP contribution in [-0.2, 0) is 52.9 Å². The van der Waals surface area contributed by atoms with E-state index in [1.54, 1.807) is 24.3 Å². The number of carboxylic acids is 3. The Bertz CT molecular complexity index is 4250. The molecule has 0 aliphatic rings. The summed E-state index contributed by atoms with van der Waals surface area (Å²) in [6.07, 6.45) is 0. The van der Waals surface area contributed by atoms with E-state index in [4.69, 9.17) is 42.6 Å². The molecule has 11 rings (SSSR count). The van der Waals surface area contributed by atoms with Crippen LogP contribution in [0.2, 0.25) is 0 Å². The number of rotatable bonds is 30. The normalized spacial score (nSPS) is 10.8. The SMILES string of the molecule is O=C(O)c1cc(OCc2ccccc2)c(OCc2ccccc2)c(OCc2ccccc2)c1Oc1cc(C(=O)O)c(-c2c(C(=O)O)cc(OCc3ccccc3)c(OCc3ccccc3)c2OCc2ccccc2)c(OCc2ccccc2)c1OCc1ccccc1. The second-order valence-corrected chi connectivity index (χ2v) is 21.0. The maximum Gasteiger partial charge on any atom is 0.339 e. The quantitative estimate of drug-likeness (QED) is 0.0384. The van der Waals surface area contributed by atoms with E-state index in [1.165, 1.54) is 12.1 Å². The van der Waals surface area contributed by atoms with Gasteiger partial charge in [-0.2, -0.15) is 0 Å². The van der Waals surface area contributed by atoms with Crippen LogP contribution in [0.3, 0.4) is 0 Å². The van der Waals surface area contributed by atoms with Crippen LogP contribution >= 0.6 is 0 Å². The fourth-order valence-electron chi connectivity index (χ4n) is 9.99. The fraction of sp³-hybridized carbons (Fsp3) is 0.104. The smallest absolute Gasteiger partial charge is 0.339 e. The number of carbonyl (C=O) groups is 3. The van der Waals surface area contributed by atoms with Crippen molar-refractivity contribution in [2.24, 2.45) is 0 Å². The molecule has 15 nitrogen and oxygen atoms in total. The molecule has 92 heavy (non-hydrogen) atoms. The monoisotopic (exact) mass is 1230 g/mol. The zero-order chi connectivity index (χ0) is 63.4. The van der Waals surface area contributed by atoms with E-state index in [2.05, 4.69) is 0 Å². The van der Waals surface area contributed by atoms with Crippen molar-refractivity contribution in [1.29, 1.82) is 0 Å². The van der Waals surface area contributed by atoms with Gasteiger partial charge in [0, 0.05) is 23.3 Å². The second-order valence-electron chi connectivity index (χ2n) is 21.0. The van der Waals surface area contributed by atoms with E-state index >= 15 is 0 Å². The lowest BCUT2D eigenvalue weighted by atomic mass is 9.91. The van der Waals surface area contributed by atoms with Crippen molar-refractivity contribution in [3.63, 3.8) is 0 Å². The summed E-state index contributed by atoms with van der Waals surface area (Å²) in [5.74, 6) is -6.68. The molecule has 0 saturated carbocycles. The molecule has 11 aromatic rings. The molecule has 15 heteroatoms. The van der Waals surface area contributed by atoms with Crippen LogP contribution < -0.4 is 42.6 Å². The van der Waals surface area contributed by atoms with Crippen molar-refractivity contribution >= 4 is 17.9 Å². The summed E-state index contributed by atoms with van der Waals surface area (Å²) in [6.45, 7) is -0.983. The lowest BCUT2D eigenvalue weighted by Gasteiger charge is -2.27. The number of benzene rings is 11. The largest absolute Gasteiger partial charge is 0.485 e. The molecule has 0 fully saturated rings. The minimum Gasteiger partial charge on any atom is -0.485 e. The van der Waals surface area contributed by atoms with Crippen molar-refractivity contribution in [3.8, 4) is 68.6 Å². The molecule has 0 atom stereocenters. The van der Waals surface area contributed by atoms with E-state index < -0.39 is 46.1 Å². The third-order valence-corrected chi connectivity index (χ3v) is 14.5. The third-order valence-electron chi connectivity index (χ3n) is 14.5. The van der Waals surface area contributed by atoms with Crippen LogP contribution in [0.5, 0.6) is 57.5 Å². The standard InChI is InChI=1S/C77H62O15/c78-75(79)60-41-63(84-44-52-25-9-1-10-26-52)69(86-46-54-29-13-3-14-30-54)72(89-49-57-35-19-6-20-36-57)66(60)67-61(76(80)81)42-65(71(88-48-56-33-17-5-18-34-56)73(67)90-50-58-37-21-7-22-38-58)92-68-62(77(82)83)43-64(85-45-53-27-11-2-12-28-53)70(87-47-55-31-15-4-16-32-55)74(68)91-51-59-39-23-8-24-40-59/h1-43H,44-51H2,(H,78,79)(H,80,81)(H,82,83). The summed E-state index contributed by atoms with van der Waals surface area (Å²) in [5.41, 5.74) is 3.40. The summed E-state index contributed by atoms with van der Waals surface area (Å²) in [6, 6.07) is 77.0. The Morgan fingerprint density at radius 3 is 0.707 bits per heavy atom. The Hall–Kier alpha value is -12.0. The summed E-state index contributed by atoms with van der Waals surface area (Å²) < 4.78 is 61.0. The molecule has 0 aliphatic heterocycles. The Labute approximate surface area is 531 Å². The topological polar surface area (TPSA) is 195 Å². The zero-order valence-corrected chi connectivity index (χ0v) is 49.7. The van der Waals surface area contributed by atoms with Crippen LogP contribution in [0.25, 0.3) is 11.1 Å². The van der Waals surface area contributed by atoms with Crippen LogP contribution in [0.1, 0.15) is 75.6 Å². The maximum absolute atomic E-state index is 14.7. The number of hydrogen-bond acceptors (Lipinski definition) is 12. The van der Waals surface area contributed by atoms with Gasteiger partial charge in [0.15, 0.2) is 34.5 Å². The summed E-state index contributed by atoms with van der Waals surface area (Å²) in [7, 11) is 0. The predicted octanol–water partition coefficient (Wildman–Crippen LogP) is 16.9. The molecule has 0 spiro atoms. The van der Waals surface area contributed by atoms with Crippen LogP contribution in [0.4, 0.5) is 0 Å². The number of carboxylic acid groups (broad SMARTS) is 3.